The standard InChI is InChI=1S/C17H19Br2NO/c1-10(2)14-9-13(18)5-7-16(14)21-17-6-4-12(11(3)20)8-15(17)19/h4-11H,20H2,1-3H3/t11-/m0/s1. The number of benzene rings is 2. The summed E-state index contributed by atoms with van der Waals surface area (Å²) in [6.45, 7) is 6.28. The highest BCUT2D eigenvalue weighted by Crippen LogP contribution is 2.36. The van der Waals surface area contributed by atoms with E-state index in [-0.39, 0.29) is 6.04 Å². The zero-order valence-corrected chi connectivity index (χ0v) is 15.5. The van der Waals surface area contributed by atoms with Crippen LogP contribution in [0.3, 0.4) is 0 Å². The van der Waals surface area contributed by atoms with Crippen molar-refractivity contribution in [2.75, 3.05) is 0 Å². The van der Waals surface area contributed by atoms with Crippen LogP contribution in [0, 0.1) is 0 Å². The third-order valence-electron chi connectivity index (χ3n) is 3.30. The van der Waals surface area contributed by atoms with Crippen LogP contribution < -0.4 is 10.5 Å². The molecule has 0 radical (unpaired) electrons. The smallest absolute Gasteiger partial charge is 0.141 e. The van der Waals surface area contributed by atoms with Gasteiger partial charge >= 0.3 is 0 Å². The van der Waals surface area contributed by atoms with E-state index in [4.69, 9.17) is 10.5 Å². The highest BCUT2D eigenvalue weighted by atomic mass is 79.9. The lowest BCUT2D eigenvalue weighted by atomic mass is 10.0. The SMILES string of the molecule is CC(C)c1cc(Br)ccc1Oc1ccc([C@H](C)N)cc1Br. The van der Waals surface area contributed by atoms with Crippen LogP contribution in [0.4, 0.5) is 0 Å². The van der Waals surface area contributed by atoms with Gasteiger partial charge in [-0.1, -0.05) is 35.8 Å². The van der Waals surface area contributed by atoms with Gasteiger partial charge in [-0.25, -0.2) is 0 Å². The molecule has 0 spiro atoms. The normalized spacial score (nSPS) is 12.5. The van der Waals surface area contributed by atoms with Crippen molar-refractivity contribution in [3.63, 3.8) is 0 Å². The van der Waals surface area contributed by atoms with Gasteiger partial charge in [-0.05, 0) is 70.2 Å². The van der Waals surface area contributed by atoms with Crippen molar-refractivity contribution < 1.29 is 4.74 Å². The third-order valence-corrected chi connectivity index (χ3v) is 4.41. The highest BCUT2D eigenvalue weighted by Gasteiger charge is 2.12. The first-order valence-electron chi connectivity index (χ1n) is 6.91. The maximum absolute atomic E-state index is 6.08. The van der Waals surface area contributed by atoms with E-state index in [1.165, 1.54) is 5.56 Å². The van der Waals surface area contributed by atoms with Gasteiger partial charge in [0.1, 0.15) is 11.5 Å². The van der Waals surface area contributed by atoms with Crippen LogP contribution in [-0.4, -0.2) is 0 Å². The fourth-order valence-corrected chi connectivity index (χ4v) is 2.92. The Morgan fingerprint density at radius 2 is 1.62 bits per heavy atom. The monoisotopic (exact) mass is 411 g/mol. The molecule has 4 heteroatoms. The highest BCUT2D eigenvalue weighted by molar-refractivity contribution is 9.10. The average Bonchev–Trinajstić information content (AvgIpc) is 2.42. The van der Waals surface area contributed by atoms with E-state index in [0.717, 1.165) is 26.0 Å². The van der Waals surface area contributed by atoms with Gasteiger partial charge in [-0.15, -0.1) is 0 Å². The van der Waals surface area contributed by atoms with Crippen LogP contribution in [0.1, 0.15) is 43.9 Å². The molecule has 0 saturated carbocycles. The molecule has 1 atom stereocenters. The summed E-state index contributed by atoms with van der Waals surface area (Å²) in [5, 5.41) is 0. The second-order valence-corrected chi connectivity index (χ2v) is 7.19. The molecule has 0 fully saturated rings. The van der Waals surface area contributed by atoms with E-state index in [9.17, 15) is 0 Å². The quantitative estimate of drug-likeness (QED) is 0.653. The Morgan fingerprint density at radius 3 is 2.19 bits per heavy atom. The minimum Gasteiger partial charge on any atom is -0.456 e. The van der Waals surface area contributed by atoms with Gasteiger partial charge in [-0.2, -0.15) is 0 Å². The summed E-state index contributed by atoms with van der Waals surface area (Å²) >= 11 is 7.07. The first-order valence-corrected chi connectivity index (χ1v) is 8.49. The summed E-state index contributed by atoms with van der Waals surface area (Å²) in [6, 6.07) is 12.1. The molecule has 0 bridgehead atoms. The van der Waals surface area contributed by atoms with Crippen molar-refractivity contribution >= 4 is 31.9 Å². The third kappa shape index (κ3) is 4.09. The number of hydrogen-bond donors (Lipinski definition) is 1. The van der Waals surface area contributed by atoms with Gasteiger partial charge in [0.05, 0.1) is 4.47 Å². The minimum atomic E-state index is 0.00857. The summed E-state index contributed by atoms with van der Waals surface area (Å²) in [4.78, 5) is 0. The van der Waals surface area contributed by atoms with Crippen molar-refractivity contribution in [2.24, 2.45) is 5.73 Å². The van der Waals surface area contributed by atoms with Crippen molar-refractivity contribution in [3.05, 3.63) is 56.5 Å². The van der Waals surface area contributed by atoms with Crippen molar-refractivity contribution in [3.8, 4) is 11.5 Å². The first kappa shape index (κ1) is 16.5. The Hall–Kier alpha value is -0.840. The molecule has 0 unspecified atom stereocenters. The fraction of sp³-hybridized carbons (Fsp3) is 0.294. The second kappa shape index (κ2) is 6.95. The molecule has 2 aromatic rings. The molecule has 0 aromatic heterocycles. The molecule has 0 aliphatic heterocycles. The van der Waals surface area contributed by atoms with E-state index in [0.29, 0.717) is 5.92 Å². The fourth-order valence-electron chi connectivity index (χ4n) is 2.06. The summed E-state index contributed by atoms with van der Waals surface area (Å²) in [7, 11) is 0. The molecule has 21 heavy (non-hydrogen) atoms. The molecule has 0 heterocycles. The van der Waals surface area contributed by atoms with Gasteiger partial charge in [0.15, 0.2) is 0 Å². The van der Waals surface area contributed by atoms with E-state index < -0.39 is 0 Å². The van der Waals surface area contributed by atoms with Gasteiger partial charge in [0, 0.05) is 10.5 Å². The van der Waals surface area contributed by atoms with Crippen molar-refractivity contribution in [1.29, 1.82) is 0 Å². The predicted octanol–water partition coefficient (Wildman–Crippen LogP) is 6.15. The lowest BCUT2D eigenvalue weighted by Crippen LogP contribution is -2.04. The Labute approximate surface area is 143 Å². The van der Waals surface area contributed by atoms with E-state index >= 15 is 0 Å². The van der Waals surface area contributed by atoms with Gasteiger partial charge in [0.2, 0.25) is 0 Å². The number of halogens is 2. The Balaban J connectivity index is 2.34. The maximum Gasteiger partial charge on any atom is 0.141 e. The van der Waals surface area contributed by atoms with E-state index in [1.54, 1.807) is 0 Å². The van der Waals surface area contributed by atoms with Crippen LogP contribution in [0.15, 0.2) is 45.3 Å². The van der Waals surface area contributed by atoms with Crippen LogP contribution >= 0.6 is 31.9 Å². The number of rotatable bonds is 4. The average molecular weight is 413 g/mol. The van der Waals surface area contributed by atoms with Crippen molar-refractivity contribution in [1.82, 2.24) is 0 Å². The molecule has 2 nitrogen and oxygen atoms in total. The zero-order chi connectivity index (χ0) is 15.6. The van der Waals surface area contributed by atoms with Crippen LogP contribution in [0.2, 0.25) is 0 Å². The second-order valence-electron chi connectivity index (χ2n) is 5.42. The molecular weight excluding hydrogens is 394 g/mol. The number of hydrogen-bond acceptors (Lipinski definition) is 2. The summed E-state index contributed by atoms with van der Waals surface area (Å²) in [5.41, 5.74) is 8.15. The van der Waals surface area contributed by atoms with Gasteiger partial charge in [0.25, 0.3) is 0 Å². The molecule has 2 rings (SSSR count). The lowest BCUT2D eigenvalue weighted by molar-refractivity contribution is 0.469. The topological polar surface area (TPSA) is 35.2 Å². The molecule has 0 aliphatic rings. The molecule has 0 amide bonds. The van der Waals surface area contributed by atoms with Crippen LogP contribution in [-0.2, 0) is 0 Å². The minimum absolute atomic E-state index is 0.00857. The molecule has 2 aromatic carbocycles. The zero-order valence-electron chi connectivity index (χ0n) is 12.4. The molecule has 2 N–H and O–H groups in total. The van der Waals surface area contributed by atoms with Crippen molar-refractivity contribution in [2.45, 2.75) is 32.7 Å². The lowest BCUT2D eigenvalue weighted by Gasteiger charge is -2.16. The van der Waals surface area contributed by atoms with Gasteiger partial charge in [-0.3, -0.25) is 0 Å². The summed E-state index contributed by atoms with van der Waals surface area (Å²) in [6.07, 6.45) is 0. The van der Waals surface area contributed by atoms with E-state index in [1.807, 2.05) is 37.3 Å². The maximum atomic E-state index is 6.08. The summed E-state index contributed by atoms with van der Waals surface area (Å²) in [5.74, 6) is 2.06. The number of nitrogens with two attached hydrogens (primary N) is 1. The molecular formula is C17H19Br2NO. The number of ether oxygens (including phenoxy) is 1. The largest absolute Gasteiger partial charge is 0.456 e. The van der Waals surface area contributed by atoms with Crippen LogP contribution in [0.25, 0.3) is 0 Å². The molecule has 0 aliphatic carbocycles. The van der Waals surface area contributed by atoms with Crippen LogP contribution in [0.5, 0.6) is 11.5 Å². The molecule has 0 saturated heterocycles. The molecule has 112 valence electrons. The Kier molecular flexibility index (Phi) is 5.47. The predicted molar refractivity (Wildman–Crippen MR) is 95.0 cm³/mol. The Morgan fingerprint density at radius 1 is 0.952 bits per heavy atom. The first-order chi connectivity index (χ1) is 9.88. The Bertz CT molecular complexity index is 639. The van der Waals surface area contributed by atoms with Gasteiger partial charge < -0.3 is 10.5 Å². The summed E-state index contributed by atoms with van der Waals surface area (Å²) < 4.78 is 8.05. The van der Waals surface area contributed by atoms with E-state index in [2.05, 4.69) is 51.8 Å².